The molecule has 134 valence electrons. The third-order valence-corrected chi connectivity index (χ3v) is 4.72. The van der Waals surface area contributed by atoms with E-state index in [1.54, 1.807) is 30.5 Å². The minimum Gasteiger partial charge on any atom is -0.398 e. The molecule has 27 heavy (non-hydrogen) atoms. The number of guanidine groups is 1. The highest BCUT2D eigenvalue weighted by molar-refractivity contribution is 7.14. The summed E-state index contributed by atoms with van der Waals surface area (Å²) in [4.78, 5) is 17.9. The van der Waals surface area contributed by atoms with E-state index in [2.05, 4.69) is 36.6 Å². The van der Waals surface area contributed by atoms with Crippen LogP contribution in [0, 0.1) is 11.3 Å². The number of nitrogens with one attached hydrogen (secondary N) is 2. The summed E-state index contributed by atoms with van der Waals surface area (Å²) in [6.07, 6.45) is 2.71. The van der Waals surface area contributed by atoms with Crippen molar-refractivity contribution in [2.24, 2.45) is 4.99 Å². The van der Waals surface area contributed by atoms with Gasteiger partial charge >= 0.3 is 0 Å². The predicted molar refractivity (Wildman–Crippen MR) is 106 cm³/mol. The van der Waals surface area contributed by atoms with Crippen molar-refractivity contribution in [3.8, 4) is 28.8 Å². The molecule has 0 aliphatic carbocycles. The summed E-state index contributed by atoms with van der Waals surface area (Å²) in [5.41, 5.74) is 9.15. The van der Waals surface area contributed by atoms with Crippen molar-refractivity contribution in [2.75, 3.05) is 24.1 Å². The third-order valence-electron chi connectivity index (χ3n) is 3.97. The fraction of sp³-hybridized carbons (Fsp3) is 0.167. The Kier molecular flexibility index (Phi) is 4.63. The zero-order valence-corrected chi connectivity index (χ0v) is 15.1. The van der Waals surface area contributed by atoms with E-state index in [1.165, 1.54) is 11.3 Å². The number of nitrogens with zero attached hydrogens (tertiary/aromatic N) is 5. The Morgan fingerprint density at radius 1 is 1.22 bits per heavy atom. The van der Waals surface area contributed by atoms with E-state index in [9.17, 15) is 0 Å². The molecule has 3 heterocycles. The van der Waals surface area contributed by atoms with Gasteiger partial charge < -0.3 is 16.4 Å². The molecule has 1 aliphatic heterocycles. The monoisotopic (exact) mass is 376 g/mol. The Hall–Kier alpha value is -3.51. The van der Waals surface area contributed by atoms with Gasteiger partial charge in [0.05, 0.1) is 17.3 Å². The molecule has 1 aliphatic rings. The molecule has 8 nitrogen and oxygen atoms in total. The van der Waals surface area contributed by atoms with Crippen LogP contribution >= 0.6 is 11.3 Å². The number of thiazole rings is 1. The molecule has 2 aromatic heterocycles. The fourth-order valence-corrected chi connectivity index (χ4v) is 3.34. The summed E-state index contributed by atoms with van der Waals surface area (Å²) in [6.45, 7) is 1.72. The Balaban J connectivity index is 1.60. The molecule has 0 amide bonds. The number of nitriles is 1. The van der Waals surface area contributed by atoms with Crippen LogP contribution in [0.15, 0.2) is 40.8 Å². The maximum atomic E-state index is 8.97. The number of aromatic nitrogens is 3. The van der Waals surface area contributed by atoms with Crippen LogP contribution in [0.4, 0.5) is 10.8 Å². The lowest BCUT2D eigenvalue weighted by Crippen LogP contribution is -2.35. The Labute approximate surface area is 159 Å². The van der Waals surface area contributed by atoms with Crippen molar-refractivity contribution in [3.63, 3.8) is 0 Å². The highest BCUT2D eigenvalue weighted by Crippen LogP contribution is 2.27. The molecule has 0 spiro atoms. The van der Waals surface area contributed by atoms with Crippen LogP contribution in [-0.4, -0.2) is 34.0 Å². The van der Waals surface area contributed by atoms with Crippen molar-refractivity contribution in [2.45, 2.75) is 6.42 Å². The lowest BCUT2D eigenvalue weighted by molar-refractivity contribution is 0.740. The molecule has 0 radical (unpaired) electrons. The number of aliphatic imine (C=N–C) groups is 1. The van der Waals surface area contributed by atoms with Crippen molar-refractivity contribution < 1.29 is 0 Å². The highest BCUT2D eigenvalue weighted by Gasteiger charge is 2.12. The summed E-state index contributed by atoms with van der Waals surface area (Å²) in [7, 11) is 0. The average Bonchev–Trinajstić information content (AvgIpc) is 3.17. The second-order valence-electron chi connectivity index (χ2n) is 5.85. The number of hydrogen-bond acceptors (Lipinski definition) is 9. The number of rotatable bonds is 3. The molecule has 3 aromatic rings. The van der Waals surface area contributed by atoms with Gasteiger partial charge in [0.25, 0.3) is 0 Å². The smallest absolute Gasteiger partial charge is 0.197 e. The lowest BCUT2D eigenvalue weighted by atomic mass is 10.1. The molecule has 4 rings (SSSR count). The second-order valence-corrected chi connectivity index (χ2v) is 6.71. The molecule has 0 saturated heterocycles. The first kappa shape index (κ1) is 16.9. The zero-order chi connectivity index (χ0) is 18.6. The van der Waals surface area contributed by atoms with Gasteiger partial charge in [0, 0.05) is 35.9 Å². The minimum atomic E-state index is 0.466. The SMILES string of the molecule is N#Cc1ccc(-c2nccc(-c3csc(NC4=NCCCN4)n3)n2)c(N)c1. The second kappa shape index (κ2) is 7.39. The van der Waals surface area contributed by atoms with Gasteiger partial charge in [-0.3, -0.25) is 4.99 Å². The van der Waals surface area contributed by atoms with Gasteiger partial charge in [0.15, 0.2) is 16.9 Å². The first-order chi connectivity index (χ1) is 13.2. The molecule has 1 aromatic carbocycles. The Morgan fingerprint density at radius 3 is 2.93 bits per heavy atom. The van der Waals surface area contributed by atoms with Crippen LogP contribution in [0.5, 0.6) is 0 Å². The van der Waals surface area contributed by atoms with Gasteiger partial charge in [-0.15, -0.1) is 11.3 Å². The van der Waals surface area contributed by atoms with Crippen LogP contribution < -0.4 is 16.4 Å². The van der Waals surface area contributed by atoms with Crippen molar-refractivity contribution >= 4 is 28.1 Å². The maximum absolute atomic E-state index is 8.97. The standard InChI is InChI=1S/C18H16N8S/c19-9-11-2-3-12(13(20)8-11)16-21-7-4-14(24-16)15-10-27-18(25-15)26-17-22-5-1-6-23-17/h2-4,7-8,10H,1,5-6,20H2,(H2,22,23,25,26). The molecule has 9 heteroatoms. The highest BCUT2D eigenvalue weighted by atomic mass is 32.1. The van der Waals surface area contributed by atoms with E-state index in [4.69, 9.17) is 11.0 Å². The summed E-state index contributed by atoms with van der Waals surface area (Å²) >= 11 is 1.48. The quantitative estimate of drug-likeness (QED) is 0.600. The van der Waals surface area contributed by atoms with E-state index in [1.807, 2.05) is 5.38 Å². The number of hydrogen-bond donors (Lipinski definition) is 3. The largest absolute Gasteiger partial charge is 0.398 e. The predicted octanol–water partition coefficient (Wildman–Crippen LogP) is 2.48. The molecule has 4 N–H and O–H groups in total. The lowest BCUT2D eigenvalue weighted by Gasteiger charge is -2.14. The van der Waals surface area contributed by atoms with Crippen LogP contribution in [0.25, 0.3) is 22.8 Å². The maximum Gasteiger partial charge on any atom is 0.197 e. The summed E-state index contributed by atoms with van der Waals surface area (Å²) in [6, 6.07) is 8.95. The van der Waals surface area contributed by atoms with Gasteiger partial charge in [-0.05, 0) is 30.7 Å². The molecule has 0 unspecified atom stereocenters. The molecular formula is C18H16N8S. The van der Waals surface area contributed by atoms with Gasteiger partial charge in [-0.2, -0.15) is 5.26 Å². The summed E-state index contributed by atoms with van der Waals surface area (Å²) in [5.74, 6) is 1.24. The first-order valence-corrected chi connectivity index (χ1v) is 9.25. The molecule has 0 bridgehead atoms. The Bertz CT molecular complexity index is 1050. The number of anilines is 2. The van der Waals surface area contributed by atoms with E-state index in [0.717, 1.165) is 36.3 Å². The number of benzene rings is 1. The van der Waals surface area contributed by atoms with Crippen molar-refractivity contribution in [1.82, 2.24) is 20.3 Å². The molecule has 0 fully saturated rings. The average molecular weight is 376 g/mol. The normalized spacial score (nSPS) is 13.4. The van der Waals surface area contributed by atoms with Crippen LogP contribution in [-0.2, 0) is 0 Å². The van der Waals surface area contributed by atoms with Gasteiger partial charge in [0.2, 0.25) is 0 Å². The zero-order valence-electron chi connectivity index (χ0n) is 14.3. The summed E-state index contributed by atoms with van der Waals surface area (Å²) in [5, 5.41) is 18.0. The van der Waals surface area contributed by atoms with E-state index in [0.29, 0.717) is 28.3 Å². The topological polar surface area (TPSA) is 125 Å². The van der Waals surface area contributed by atoms with Gasteiger partial charge in [0.1, 0.15) is 5.69 Å². The van der Waals surface area contributed by atoms with Gasteiger partial charge in [-0.25, -0.2) is 15.0 Å². The Morgan fingerprint density at radius 2 is 2.15 bits per heavy atom. The van der Waals surface area contributed by atoms with E-state index >= 15 is 0 Å². The van der Waals surface area contributed by atoms with Crippen molar-refractivity contribution in [1.29, 1.82) is 5.26 Å². The third kappa shape index (κ3) is 3.70. The van der Waals surface area contributed by atoms with Crippen molar-refractivity contribution in [3.05, 3.63) is 41.4 Å². The molecule has 0 saturated carbocycles. The van der Waals surface area contributed by atoms with Crippen LogP contribution in [0.3, 0.4) is 0 Å². The number of nitrogens with two attached hydrogens (primary N) is 1. The fourth-order valence-electron chi connectivity index (χ4n) is 2.63. The minimum absolute atomic E-state index is 0.466. The molecular weight excluding hydrogens is 360 g/mol. The van der Waals surface area contributed by atoms with E-state index < -0.39 is 0 Å². The van der Waals surface area contributed by atoms with Crippen LogP contribution in [0.2, 0.25) is 0 Å². The number of nitrogen functional groups attached to an aromatic ring is 1. The van der Waals surface area contributed by atoms with Crippen LogP contribution in [0.1, 0.15) is 12.0 Å². The summed E-state index contributed by atoms with van der Waals surface area (Å²) < 4.78 is 0. The first-order valence-electron chi connectivity index (χ1n) is 8.37. The van der Waals surface area contributed by atoms with Gasteiger partial charge in [-0.1, -0.05) is 0 Å². The van der Waals surface area contributed by atoms with E-state index in [-0.39, 0.29) is 0 Å². The molecule has 0 atom stereocenters.